The molecule has 10 heteroatoms. The zero-order chi connectivity index (χ0) is 26.8. The van der Waals surface area contributed by atoms with E-state index in [1.54, 1.807) is 39.2 Å². The van der Waals surface area contributed by atoms with Crippen molar-refractivity contribution < 1.29 is 27.6 Å². The standard InChI is InChI=1S/C27H27F3N4O3/c1-26(2,3)34(25(35)36)22(12-17-4-8-21(9-5-17)27(28,29)30)16-32-24-14-23(37-33-24)19-6-7-20-15-31-11-10-18(20)13-19/h4-11,13-15,22H,12,16H2,1-3H3,(H,32,33)(H,35,36)/t22-/m0/s1. The lowest BCUT2D eigenvalue weighted by Gasteiger charge is -2.40. The number of alkyl halides is 3. The average molecular weight is 513 g/mol. The number of hydrogen-bond donors (Lipinski definition) is 2. The Hall–Kier alpha value is -4.08. The summed E-state index contributed by atoms with van der Waals surface area (Å²) < 4.78 is 44.4. The fourth-order valence-electron chi connectivity index (χ4n) is 4.30. The van der Waals surface area contributed by atoms with E-state index in [0.29, 0.717) is 17.1 Å². The molecule has 194 valence electrons. The van der Waals surface area contributed by atoms with Gasteiger partial charge >= 0.3 is 12.3 Å². The van der Waals surface area contributed by atoms with Gasteiger partial charge in [0.15, 0.2) is 11.6 Å². The van der Waals surface area contributed by atoms with Crippen LogP contribution < -0.4 is 5.32 Å². The second-order valence-corrected chi connectivity index (χ2v) is 9.77. The summed E-state index contributed by atoms with van der Waals surface area (Å²) in [4.78, 5) is 17.6. The third-order valence-corrected chi connectivity index (χ3v) is 6.00. The average Bonchev–Trinajstić information content (AvgIpc) is 3.30. The third kappa shape index (κ3) is 6.19. The second-order valence-electron chi connectivity index (χ2n) is 9.77. The maximum Gasteiger partial charge on any atom is 0.416 e. The summed E-state index contributed by atoms with van der Waals surface area (Å²) in [5.41, 5.74) is -0.0971. The zero-order valence-electron chi connectivity index (χ0n) is 20.6. The predicted octanol–water partition coefficient (Wildman–Crippen LogP) is 6.71. The van der Waals surface area contributed by atoms with E-state index in [4.69, 9.17) is 4.52 Å². The Kier molecular flexibility index (Phi) is 7.11. The van der Waals surface area contributed by atoms with Crippen molar-refractivity contribution in [3.8, 4) is 11.3 Å². The molecule has 0 bridgehead atoms. The van der Waals surface area contributed by atoms with E-state index >= 15 is 0 Å². The number of amides is 1. The van der Waals surface area contributed by atoms with Crippen molar-refractivity contribution in [3.05, 3.63) is 78.1 Å². The van der Waals surface area contributed by atoms with Crippen LogP contribution >= 0.6 is 0 Å². The van der Waals surface area contributed by atoms with E-state index in [0.717, 1.165) is 28.5 Å². The van der Waals surface area contributed by atoms with Gasteiger partial charge in [0.1, 0.15) is 0 Å². The molecule has 4 aromatic rings. The van der Waals surface area contributed by atoms with Crippen LogP contribution in [-0.2, 0) is 12.6 Å². The van der Waals surface area contributed by atoms with Crippen LogP contribution in [0, 0.1) is 0 Å². The molecule has 0 aliphatic rings. The minimum atomic E-state index is -4.44. The predicted molar refractivity (Wildman–Crippen MR) is 134 cm³/mol. The molecule has 4 rings (SSSR count). The van der Waals surface area contributed by atoms with Gasteiger partial charge in [-0.3, -0.25) is 9.88 Å². The number of anilines is 1. The molecule has 1 atom stereocenters. The van der Waals surface area contributed by atoms with Crippen LogP contribution in [0.25, 0.3) is 22.1 Å². The molecular weight excluding hydrogens is 485 g/mol. The highest BCUT2D eigenvalue weighted by molar-refractivity contribution is 5.86. The maximum atomic E-state index is 13.0. The van der Waals surface area contributed by atoms with Gasteiger partial charge < -0.3 is 14.9 Å². The molecule has 0 saturated heterocycles. The summed E-state index contributed by atoms with van der Waals surface area (Å²) >= 11 is 0. The first-order chi connectivity index (χ1) is 17.4. The van der Waals surface area contributed by atoms with Gasteiger partial charge in [-0.1, -0.05) is 29.4 Å². The molecule has 2 heterocycles. The van der Waals surface area contributed by atoms with E-state index in [-0.39, 0.29) is 13.0 Å². The van der Waals surface area contributed by atoms with Gasteiger partial charge in [0.2, 0.25) is 0 Å². The van der Waals surface area contributed by atoms with Gasteiger partial charge in [-0.2, -0.15) is 13.2 Å². The van der Waals surface area contributed by atoms with Crippen molar-refractivity contribution in [1.82, 2.24) is 15.0 Å². The molecule has 37 heavy (non-hydrogen) atoms. The Morgan fingerprint density at radius 1 is 1.05 bits per heavy atom. The molecule has 0 aliphatic carbocycles. The molecule has 0 aliphatic heterocycles. The summed E-state index contributed by atoms with van der Waals surface area (Å²) in [5.74, 6) is 0.952. The number of fused-ring (bicyclic) bond motifs is 1. The van der Waals surface area contributed by atoms with Gasteiger partial charge in [-0.25, -0.2) is 4.79 Å². The van der Waals surface area contributed by atoms with Crippen molar-refractivity contribution in [1.29, 1.82) is 0 Å². The van der Waals surface area contributed by atoms with Crippen molar-refractivity contribution >= 4 is 22.7 Å². The normalized spacial score (nSPS) is 12.9. The zero-order valence-corrected chi connectivity index (χ0v) is 20.6. The number of hydrogen-bond acceptors (Lipinski definition) is 5. The van der Waals surface area contributed by atoms with Crippen molar-refractivity contribution in [2.75, 3.05) is 11.9 Å². The first kappa shape index (κ1) is 26.0. The second kappa shape index (κ2) is 10.1. The molecule has 0 spiro atoms. The lowest BCUT2D eigenvalue weighted by molar-refractivity contribution is -0.137. The minimum Gasteiger partial charge on any atom is -0.465 e. The lowest BCUT2D eigenvalue weighted by Crippen LogP contribution is -2.54. The molecule has 0 radical (unpaired) electrons. The van der Waals surface area contributed by atoms with Crippen LogP contribution in [0.5, 0.6) is 0 Å². The summed E-state index contributed by atoms with van der Waals surface area (Å²) in [6, 6.07) is 13.6. The smallest absolute Gasteiger partial charge is 0.416 e. The highest BCUT2D eigenvalue weighted by Crippen LogP contribution is 2.30. The topological polar surface area (TPSA) is 91.5 Å². The Labute approximate surface area is 211 Å². The fourth-order valence-corrected chi connectivity index (χ4v) is 4.30. The first-order valence-corrected chi connectivity index (χ1v) is 11.6. The number of carbonyl (C=O) groups is 1. The van der Waals surface area contributed by atoms with Gasteiger partial charge in [0.05, 0.1) is 11.6 Å². The highest BCUT2D eigenvalue weighted by Gasteiger charge is 2.34. The molecule has 0 saturated carbocycles. The monoisotopic (exact) mass is 512 g/mol. The fraction of sp³-hybridized carbons (Fsp3) is 0.296. The molecule has 2 aromatic carbocycles. The summed E-state index contributed by atoms with van der Waals surface area (Å²) in [6.07, 6.45) is -1.88. The van der Waals surface area contributed by atoms with E-state index in [9.17, 15) is 23.1 Å². The largest absolute Gasteiger partial charge is 0.465 e. The summed E-state index contributed by atoms with van der Waals surface area (Å²) in [5, 5.41) is 19.1. The minimum absolute atomic E-state index is 0.167. The molecule has 7 nitrogen and oxygen atoms in total. The molecule has 1 amide bonds. The van der Waals surface area contributed by atoms with Crippen molar-refractivity contribution in [3.63, 3.8) is 0 Å². The summed E-state index contributed by atoms with van der Waals surface area (Å²) in [6.45, 7) is 5.47. The van der Waals surface area contributed by atoms with Crippen LogP contribution in [0.3, 0.4) is 0 Å². The Bertz CT molecular complexity index is 1380. The Morgan fingerprint density at radius 2 is 1.78 bits per heavy atom. The number of aromatic nitrogens is 2. The van der Waals surface area contributed by atoms with E-state index in [1.807, 2.05) is 24.3 Å². The molecule has 2 N–H and O–H groups in total. The first-order valence-electron chi connectivity index (χ1n) is 11.6. The van der Waals surface area contributed by atoms with Crippen LogP contribution in [0.15, 0.2) is 71.5 Å². The molecule has 2 aromatic heterocycles. The van der Waals surface area contributed by atoms with Crippen molar-refractivity contribution in [2.24, 2.45) is 0 Å². The lowest BCUT2D eigenvalue weighted by atomic mass is 9.97. The number of benzene rings is 2. The van der Waals surface area contributed by atoms with Crippen LogP contribution in [0.2, 0.25) is 0 Å². The number of rotatable bonds is 7. The number of nitrogens with one attached hydrogen (secondary N) is 1. The van der Waals surface area contributed by atoms with Gasteiger partial charge in [0.25, 0.3) is 0 Å². The van der Waals surface area contributed by atoms with Gasteiger partial charge in [0, 0.05) is 41.5 Å². The van der Waals surface area contributed by atoms with Crippen LogP contribution in [-0.4, -0.2) is 44.4 Å². The summed E-state index contributed by atoms with van der Waals surface area (Å²) in [7, 11) is 0. The van der Waals surface area contributed by atoms with Crippen LogP contribution in [0.4, 0.5) is 23.8 Å². The molecular formula is C27H27F3N4O3. The Morgan fingerprint density at radius 3 is 2.43 bits per heavy atom. The van der Waals surface area contributed by atoms with E-state index in [1.165, 1.54) is 17.0 Å². The highest BCUT2D eigenvalue weighted by atomic mass is 19.4. The molecule has 0 unspecified atom stereocenters. The van der Waals surface area contributed by atoms with E-state index < -0.39 is 29.4 Å². The number of halogens is 3. The third-order valence-electron chi connectivity index (χ3n) is 6.00. The number of nitrogens with zero attached hydrogens (tertiary/aromatic N) is 3. The molecule has 0 fully saturated rings. The Balaban J connectivity index is 1.54. The van der Waals surface area contributed by atoms with Crippen LogP contribution in [0.1, 0.15) is 31.9 Å². The van der Waals surface area contributed by atoms with Gasteiger partial charge in [-0.15, -0.1) is 0 Å². The number of carboxylic acid groups (broad SMARTS) is 1. The van der Waals surface area contributed by atoms with Crippen molar-refractivity contribution in [2.45, 2.75) is 44.9 Å². The van der Waals surface area contributed by atoms with E-state index in [2.05, 4.69) is 15.5 Å². The van der Waals surface area contributed by atoms with Gasteiger partial charge in [-0.05, 0) is 62.4 Å². The quantitative estimate of drug-likeness (QED) is 0.286. The maximum absolute atomic E-state index is 13.0. The number of pyridine rings is 1. The SMILES string of the molecule is CC(C)(C)N(C(=O)O)[C@H](CNc1cc(-c2ccc3cnccc3c2)on1)Cc1ccc(C(F)(F)F)cc1.